The zero-order chi connectivity index (χ0) is 93.0. The van der Waals surface area contributed by atoms with E-state index in [1.165, 1.54) is 39.8 Å². The van der Waals surface area contributed by atoms with Crippen LogP contribution in [0.4, 0.5) is 21.4 Å². The Morgan fingerprint density at radius 3 is 1.74 bits per heavy atom. The number of anilines is 2. The van der Waals surface area contributed by atoms with Gasteiger partial charge in [0.25, 0.3) is 20.0 Å². The molecule has 8 aromatic carbocycles. The molecule has 4 aliphatic rings. The number of methoxy groups -OCH3 is 2. The average Bonchev–Trinajstić information content (AvgIpc) is 1.42. The lowest BCUT2D eigenvalue weighted by Crippen LogP contribution is -2.39. The lowest BCUT2D eigenvalue weighted by molar-refractivity contribution is -0.153. The predicted molar refractivity (Wildman–Crippen MR) is 507 cm³/mol. The molecule has 708 valence electrons. The Hall–Kier alpha value is -12.9. The van der Waals surface area contributed by atoms with E-state index in [-0.39, 0.29) is 129 Å². The van der Waals surface area contributed by atoms with Gasteiger partial charge in [-0.05, 0) is 163 Å². The van der Waals surface area contributed by atoms with Crippen LogP contribution < -0.4 is 48.1 Å². The Labute approximate surface area is 778 Å². The van der Waals surface area contributed by atoms with Gasteiger partial charge in [-0.15, -0.1) is 0 Å². The molecule has 0 bridgehead atoms. The van der Waals surface area contributed by atoms with Crippen molar-refractivity contribution in [1.82, 2.24) is 55.4 Å². The van der Waals surface area contributed by atoms with Gasteiger partial charge in [-0.1, -0.05) is 171 Å². The van der Waals surface area contributed by atoms with E-state index in [9.17, 15) is 43.5 Å². The van der Waals surface area contributed by atoms with Crippen LogP contribution in [0, 0.1) is 0 Å². The molecule has 134 heavy (non-hydrogen) atoms. The van der Waals surface area contributed by atoms with E-state index in [0.29, 0.717) is 61.7 Å². The Morgan fingerprint density at radius 2 is 1.18 bits per heavy atom. The van der Waals surface area contributed by atoms with Crippen molar-refractivity contribution in [3.8, 4) is 33.8 Å². The third kappa shape index (κ3) is 24.0. The minimum atomic E-state index is -1.57. The third-order valence-electron chi connectivity index (χ3n) is 23.6. The summed E-state index contributed by atoms with van der Waals surface area (Å²) in [5, 5.41) is 21.3. The minimum Gasteiger partial charge on any atom is -0.497 e. The van der Waals surface area contributed by atoms with Gasteiger partial charge >= 0.3 is 23.8 Å². The van der Waals surface area contributed by atoms with Crippen LogP contribution >= 0.6 is 8.53 Å². The highest BCUT2D eigenvalue weighted by atomic mass is 31.2. The van der Waals surface area contributed by atoms with Crippen LogP contribution in [0.5, 0.6) is 11.5 Å². The Bertz CT molecular complexity index is 5780. The molecule has 0 saturated carbocycles. The molecule has 4 amide bonds. The standard InChI is InChI=1S/C66H75N8O10P.C34H38N4O9.H3N.H2O/c1-8-37-82-85(74(43(2)3)44(4)5)84-57-38-59(83-58(57)41-81-66(47-17-10-9-11-18-47,48-27-31-50(78-6)32-28-48)49-29-33-51(79-7)34-30-49)73-42-70-60-61(73)71-64(72-63(60)76)68-36-16-35-67-62(75)46-25-23-45(24-26-46)39-69-65(77)80-40-56-54-21-14-12-19-52(54)53-20-13-15-22-55(53)56;1-21(40)13-14-32(42)47-27-18-31(46-28(27)19-39)38-17-15-29(36-33(38)43)35-30(41)12-7-16-37(2)34(44)45-20-26-24-10-5-3-8-22(24)23-9-4-6-11-25(23)26;;/h9-15,17-34,42-44,56-59H,8,16,35-41H2,1-7H3,(H,67,75)(H,69,77)(H2,68,71,72,76);3-6,8-11,15,17,26-28,31,39H,7,12-14,16,18-20H2,1-2H3,(H,35,36,41,43);1H3;1H2/t57?,58-,59-,85?;27?,28-,31-;;/m11../s1. The molecule has 33 nitrogen and oxygen atoms in total. The molecule has 0 radical (unpaired) electrons. The molecule has 5 heterocycles. The quantitative estimate of drug-likeness (QED) is 0.00616. The van der Waals surface area contributed by atoms with Crippen molar-refractivity contribution < 1.29 is 86.3 Å². The Kier molecular flexibility index (Phi) is 35.2. The number of aliphatic hydroxyl groups excluding tert-OH is 1. The van der Waals surface area contributed by atoms with Crippen molar-refractivity contribution in [3.63, 3.8) is 0 Å². The number of hydrogen-bond acceptors (Lipinski definition) is 25. The average molecular weight is 1850 g/mol. The summed E-state index contributed by atoms with van der Waals surface area (Å²) in [6, 6.07) is 67.2. The number of amides is 4. The van der Waals surface area contributed by atoms with E-state index in [1.807, 2.05) is 115 Å². The van der Waals surface area contributed by atoms with E-state index in [4.69, 9.17) is 51.9 Å². The van der Waals surface area contributed by atoms with Gasteiger partial charge in [-0.25, -0.2) is 24.0 Å². The number of fused-ring (bicyclic) bond motifs is 7. The number of Topliss-reactive ketones (excluding diaryl/α,β-unsaturated/α-hetero) is 1. The second-order valence-corrected chi connectivity index (χ2v) is 34.7. The number of hydrogen-bond donors (Lipinski definition) is 7. The van der Waals surface area contributed by atoms with Gasteiger partial charge in [0.2, 0.25) is 11.9 Å². The molecular formula is C100H118N13O20P. The maximum atomic E-state index is 13.7. The zero-order valence-electron chi connectivity index (χ0n) is 76.7. The van der Waals surface area contributed by atoms with Crippen molar-refractivity contribution >= 4 is 67.2 Å². The van der Waals surface area contributed by atoms with Crippen molar-refractivity contribution in [2.24, 2.45) is 0 Å². The fourth-order valence-electron chi connectivity index (χ4n) is 17.1. The number of H-pyrrole nitrogens is 1. The van der Waals surface area contributed by atoms with Crippen molar-refractivity contribution in [3.05, 3.63) is 290 Å². The lowest BCUT2D eigenvalue weighted by Gasteiger charge is -2.39. The summed E-state index contributed by atoms with van der Waals surface area (Å²) >= 11 is 0. The van der Waals surface area contributed by atoms with E-state index >= 15 is 0 Å². The number of benzene rings is 8. The van der Waals surface area contributed by atoms with Crippen molar-refractivity contribution in [2.75, 3.05) is 84.6 Å². The van der Waals surface area contributed by atoms with Gasteiger partial charge in [0.1, 0.15) is 72.7 Å². The fourth-order valence-corrected chi connectivity index (χ4v) is 18.9. The molecule has 0 spiro atoms. The molecule has 34 heteroatoms. The summed E-state index contributed by atoms with van der Waals surface area (Å²) in [4.78, 5) is 118. The number of ether oxygens (including phenoxy) is 8. The Morgan fingerprint density at radius 1 is 0.627 bits per heavy atom. The number of carbonyl (C=O) groups is 6. The largest absolute Gasteiger partial charge is 0.497 e. The van der Waals surface area contributed by atoms with Crippen LogP contribution in [0.3, 0.4) is 0 Å². The number of nitrogens with zero attached hydrogens (tertiary/aromatic N) is 7. The maximum absolute atomic E-state index is 13.7. The molecule has 3 unspecified atom stereocenters. The van der Waals surface area contributed by atoms with Gasteiger partial charge in [0.05, 0.1) is 52.9 Å². The van der Waals surface area contributed by atoms with Crippen LogP contribution in [0.15, 0.2) is 228 Å². The lowest BCUT2D eigenvalue weighted by atomic mass is 9.80. The first-order valence-electron chi connectivity index (χ1n) is 44.6. The second-order valence-electron chi connectivity index (χ2n) is 33.3. The Balaban J connectivity index is 0.000000279. The van der Waals surface area contributed by atoms with Crippen LogP contribution in [0.1, 0.15) is 172 Å². The first-order chi connectivity index (χ1) is 64.0. The van der Waals surface area contributed by atoms with Crippen LogP contribution in [-0.2, 0) is 64.0 Å². The summed E-state index contributed by atoms with van der Waals surface area (Å²) in [7, 11) is 3.33. The predicted octanol–water partition coefficient (Wildman–Crippen LogP) is 14.6. The maximum Gasteiger partial charge on any atom is 0.409 e. The summed E-state index contributed by atoms with van der Waals surface area (Å²) in [6.07, 6.45) is -0.204. The third-order valence-corrected chi connectivity index (χ3v) is 25.8. The summed E-state index contributed by atoms with van der Waals surface area (Å²) < 4.78 is 67.1. The molecule has 11 aromatic rings. The van der Waals surface area contributed by atoms with Crippen molar-refractivity contribution in [1.29, 1.82) is 0 Å². The molecule has 3 aromatic heterocycles. The number of aliphatic hydroxyl groups is 1. The normalized spacial score (nSPS) is 16.6. The first-order valence-corrected chi connectivity index (χ1v) is 45.7. The van der Waals surface area contributed by atoms with Crippen molar-refractivity contribution in [2.45, 2.75) is 166 Å². The van der Waals surface area contributed by atoms with E-state index in [1.54, 1.807) is 56.4 Å². The number of aromatic nitrogens is 6. The fraction of sp³-hybridized carbons (Fsp3) is 0.370. The number of aromatic amines is 1. The number of imidazole rings is 1. The number of alkyl carbamates (subject to hydrolysis) is 1. The number of rotatable bonds is 40. The highest BCUT2D eigenvalue weighted by molar-refractivity contribution is 7.44. The SMILES string of the molecule is CC(=O)CCC(=O)OC1C[C@H](n2ccc(NC(=O)CCCN(C)C(=O)OCC3c4ccccc4-c4ccccc43)nc2=O)O[C@@H]1CO.CCCOP(OC1C[C@H](n2cnc3c(=O)[nH]c(NCCCNC(=O)c4ccc(CNC(=O)OCC5c6ccccc6-c6ccccc65)cc4)nc32)O[C@@H]1COC(c1ccccc1)(c1ccc(OC)cc1)c1ccc(OC)cc1)N(C(C)C)C(C)C.N.O. The minimum absolute atomic E-state index is 0. The van der Waals surface area contributed by atoms with E-state index in [2.05, 4.69) is 136 Å². The van der Waals surface area contributed by atoms with Gasteiger partial charge < -0.3 is 94.6 Å². The van der Waals surface area contributed by atoms with Gasteiger partial charge in [-0.3, -0.25) is 33.3 Å². The van der Waals surface area contributed by atoms with Crippen LogP contribution in [0.25, 0.3) is 33.4 Å². The molecular weight excluding hydrogens is 1730 g/mol. The highest BCUT2D eigenvalue weighted by Crippen LogP contribution is 2.52. The van der Waals surface area contributed by atoms with Gasteiger partial charge in [-0.2, -0.15) is 9.97 Å². The molecule has 2 fully saturated rings. The first kappa shape index (κ1) is 100. The number of carbonyl (C=O) groups excluding carboxylic acids is 6. The van der Waals surface area contributed by atoms with Gasteiger partial charge in [0.15, 0.2) is 11.2 Å². The highest BCUT2D eigenvalue weighted by Gasteiger charge is 2.47. The number of esters is 1. The molecule has 2 aliphatic heterocycles. The zero-order valence-corrected chi connectivity index (χ0v) is 77.6. The summed E-state index contributed by atoms with van der Waals surface area (Å²) in [5.41, 5.74) is 11.3. The van der Waals surface area contributed by atoms with E-state index < -0.39 is 87.0 Å². The molecule has 2 saturated heterocycles. The molecule has 15 rings (SSSR count). The van der Waals surface area contributed by atoms with E-state index in [0.717, 1.165) is 62.1 Å². The molecule has 2 aliphatic carbocycles. The monoisotopic (exact) mass is 1850 g/mol. The summed E-state index contributed by atoms with van der Waals surface area (Å²) in [5.74, 6) is 0.252. The number of ketones is 1. The topological polar surface area (TPSA) is 435 Å². The smallest absolute Gasteiger partial charge is 0.409 e. The van der Waals surface area contributed by atoms with Crippen LogP contribution in [0.2, 0.25) is 0 Å². The van der Waals surface area contributed by atoms with Gasteiger partial charge in [0, 0.05) is 94.6 Å². The molecule has 11 N–H and O–H groups in total. The number of nitrogens with one attached hydrogen (secondary N) is 5. The second kappa shape index (κ2) is 47.1. The summed E-state index contributed by atoms with van der Waals surface area (Å²) in [6.45, 7) is 13.8. The van der Waals surface area contributed by atoms with Crippen LogP contribution in [-0.4, -0.2) is 195 Å². The molecule has 7 atom stereocenters.